The maximum atomic E-state index is 12.5. The van der Waals surface area contributed by atoms with Crippen LogP contribution in [-0.4, -0.2) is 35.7 Å². The van der Waals surface area contributed by atoms with Gasteiger partial charge in [0.25, 0.3) is 5.91 Å². The summed E-state index contributed by atoms with van der Waals surface area (Å²) in [5, 5.41) is 3.75. The van der Waals surface area contributed by atoms with Gasteiger partial charge in [0, 0.05) is 30.1 Å². The van der Waals surface area contributed by atoms with Crippen LogP contribution in [0.1, 0.15) is 41.0 Å². The van der Waals surface area contributed by atoms with Crippen LogP contribution >= 0.6 is 11.6 Å². The molecular weight excluding hydrogens is 474 g/mol. The number of unbranched alkanes of at least 4 members (excludes halogenated alkanes) is 1. The number of methoxy groups -OCH3 is 1. The van der Waals surface area contributed by atoms with E-state index in [0.29, 0.717) is 24.5 Å². The lowest BCUT2D eigenvalue weighted by atomic mass is 10.2. The number of aryl methyl sites for hydroxylation is 3. The fraction of sp³-hybridized carbons (Fsp3) is 0.310. The van der Waals surface area contributed by atoms with Crippen LogP contribution in [0.3, 0.4) is 0 Å². The second-order valence-electron chi connectivity index (χ2n) is 8.73. The lowest BCUT2D eigenvalue weighted by molar-refractivity contribution is 0.0952. The molecule has 0 bridgehead atoms. The average Bonchev–Trinajstić information content (AvgIpc) is 3.25. The van der Waals surface area contributed by atoms with E-state index >= 15 is 0 Å². The zero-order valence-electron chi connectivity index (χ0n) is 20.8. The summed E-state index contributed by atoms with van der Waals surface area (Å²) >= 11 is 6.09. The number of para-hydroxylation sites is 2. The van der Waals surface area contributed by atoms with E-state index in [1.54, 1.807) is 19.2 Å². The highest BCUT2D eigenvalue weighted by Crippen LogP contribution is 2.22. The highest BCUT2D eigenvalue weighted by atomic mass is 35.5. The molecule has 1 heterocycles. The first kappa shape index (κ1) is 25.6. The first-order chi connectivity index (χ1) is 17.5. The Bertz CT molecular complexity index is 1320. The predicted molar refractivity (Wildman–Crippen MR) is 144 cm³/mol. The quantitative estimate of drug-likeness (QED) is 0.232. The minimum absolute atomic E-state index is 0.0988. The molecule has 0 atom stereocenters. The molecule has 0 fully saturated rings. The lowest BCUT2D eigenvalue weighted by Crippen LogP contribution is -2.25. The Morgan fingerprint density at radius 3 is 2.69 bits per heavy atom. The smallest absolute Gasteiger partial charge is 0.251 e. The molecule has 0 spiro atoms. The number of aromatic nitrogens is 2. The Labute approximate surface area is 217 Å². The van der Waals surface area contributed by atoms with Crippen molar-refractivity contribution in [2.45, 2.75) is 39.2 Å². The Hall–Kier alpha value is -3.51. The summed E-state index contributed by atoms with van der Waals surface area (Å²) in [5.41, 5.74) is 3.75. The molecule has 36 heavy (non-hydrogen) atoms. The van der Waals surface area contributed by atoms with Gasteiger partial charge in [-0.3, -0.25) is 4.79 Å². The van der Waals surface area contributed by atoms with Crippen LogP contribution in [0, 0.1) is 6.92 Å². The van der Waals surface area contributed by atoms with Crippen molar-refractivity contribution in [2.24, 2.45) is 0 Å². The third-order valence-corrected chi connectivity index (χ3v) is 6.53. The second-order valence-corrected chi connectivity index (χ2v) is 9.13. The molecule has 0 aliphatic carbocycles. The monoisotopic (exact) mass is 505 g/mol. The maximum absolute atomic E-state index is 12.5. The maximum Gasteiger partial charge on any atom is 0.251 e. The number of fused-ring (bicyclic) bond motifs is 1. The molecule has 0 aliphatic heterocycles. The third-order valence-electron chi connectivity index (χ3n) is 6.10. The Morgan fingerprint density at radius 2 is 1.86 bits per heavy atom. The first-order valence-corrected chi connectivity index (χ1v) is 12.7. The zero-order valence-corrected chi connectivity index (χ0v) is 21.6. The summed E-state index contributed by atoms with van der Waals surface area (Å²) in [6.45, 7) is 4.08. The van der Waals surface area contributed by atoms with E-state index in [1.165, 1.54) is 0 Å². The van der Waals surface area contributed by atoms with Gasteiger partial charge in [0.05, 0.1) is 24.8 Å². The zero-order chi connectivity index (χ0) is 25.3. The molecule has 1 aromatic heterocycles. The number of amides is 1. The number of rotatable bonds is 12. The Morgan fingerprint density at radius 1 is 1.00 bits per heavy atom. The number of nitrogens with zero attached hydrogens (tertiary/aromatic N) is 2. The number of nitrogens with one attached hydrogen (secondary N) is 1. The van der Waals surface area contributed by atoms with Gasteiger partial charge in [-0.25, -0.2) is 4.98 Å². The van der Waals surface area contributed by atoms with Crippen molar-refractivity contribution in [1.82, 2.24) is 14.9 Å². The van der Waals surface area contributed by atoms with E-state index in [0.717, 1.165) is 65.4 Å². The molecule has 4 rings (SSSR count). The van der Waals surface area contributed by atoms with Crippen molar-refractivity contribution in [1.29, 1.82) is 0 Å². The number of benzene rings is 3. The fourth-order valence-electron chi connectivity index (χ4n) is 4.15. The Kier molecular flexibility index (Phi) is 8.85. The Balaban J connectivity index is 1.29. The number of carbonyl (C=O) groups excluding carboxylic acids is 1. The van der Waals surface area contributed by atoms with Crippen molar-refractivity contribution in [3.8, 4) is 11.5 Å². The summed E-state index contributed by atoms with van der Waals surface area (Å²) in [6.07, 6.45) is 3.50. The van der Waals surface area contributed by atoms with Gasteiger partial charge in [0.1, 0.15) is 17.3 Å². The number of ether oxygens (including phenoxy) is 2. The number of carbonyl (C=O) groups is 1. The highest BCUT2D eigenvalue weighted by Gasteiger charge is 2.11. The van der Waals surface area contributed by atoms with Crippen LogP contribution in [0.5, 0.6) is 11.5 Å². The van der Waals surface area contributed by atoms with Crippen molar-refractivity contribution < 1.29 is 14.3 Å². The largest absolute Gasteiger partial charge is 0.497 e. The van der Waals surface area contributed by atoms with E-state index in [9.17, 15) is 4.79 Å². The van der Waals surface area contributed by atoms with E-state index in [1.807, 2.05) is 55.5 Å². The van der Waals surface area contributed by atoms with Crippen LogP contribution in [-0.2, 0) is 13.0 Å². The molecule has 1 amide bonds. The van der Waals surface area contributed by atoms with E-state index in [2.05, 4.69) is 16.0 Å². The minimum Gasteiger partial charge on any atom is -0.497 e. The average molecular weight is 506 g/mol. The van der Waals surface area contributed by atoms with Gasteiger partial charge in [0.2, 0.25) is 0 Å². The van der Waals surface area contributed by atoms with Gasteiger partial charge >= 0.3 is 0 Å². The molecule has 6 nitrogen and oxygen atoms in total. The van der Waals surface area contributed by atoms with Gasteiger partial charge in [0.15, 0.2) is 0 Å². The lowest BCUT2D eigenvalue weighted by Gasteiger charge is -2.11. The molecular formula is C29H32ClN3O3. The van der Waals surface area contributed by atoms with E-state index in [4.69, 9.17) is 26.1 Å². The summed E-state index contributed by atoms with van der Waals surface area (Å²) in [5.74, 6) is 2.46. The SMILES string of the molecule is COc1cccc(C(=O)NCCCc2nc3ccccc3n2CCCCOc2ccc(Cl)c(C)c2)c1. The van der Waals surface area contributed by atoms with Gasteiger partial charge in [-0.1, -0.05) is 29.8 Å². The predicted octanol–water partition coefficient (Wildman–Crippen LogP) is 6.23. The van der Waals surface area contributed by atoms with Crippen molar-refractivity contribution in [3.63, 3.8) is 0 Å². The standard InChI is InChI=1S/C29H32ClN3O3/c1-21-19-24(14-15-25(21)30)36-18-6-5-17-33-27-12-4-3-11-26(27)32-28(33)13-8-16-31-29(34)22-9-7-10-23(20-22)35-2/h3-4,7,9-12,14-15,19-20H,5-6,8,13,16-18H2,1-2H3,(H,31,34). The summed E-state index contributed by atoms with van der Waals surface area (Å²) < 4.78 is 13.4. The fourth-order valence-corrected chi connectivity index (χ4v) is 4.27. The van der Waals surface area contributed by atoms with Crippen LogP contribution in [0.15, 0.2) is 66.7 Å². The van der Waals surface area contributed by atoms with Gasteiger partial charge in [-0.15, -0.1) is 0 Å². The highest BCUT2D eigenvalue weighted by molar-refractivity contribution is 6.31. The molecule has 0 radical (unpaired) electrons. The number of hydrogen-bond donors (Lipinski definition) is 1. The van der Waals surface area contributed by atoms with Crippen LogP contribution in [0.4, 0.5) is 0 Å². The number of hydrogen-bond acceptors (Lipinski definition) is 4. The van der Waals surface area contributed by atoms with Crippen LogP contribution in [0.2, 0.25) is 5.02 Å². The van der Waals surface area contributed by atoms with Gasteiger partial charge < -0.3 is 19.4 Å². The van der Waals surface area contributed by atoms with Crippen LogP contribution < -0.4 is 14.8 Å². The molecule has 188 valence electrons. The molecule has 0 saturated carbocycles. The molecule has 0 saturated heterocycles. The molecule has 1 N–H and O–H groups in total. The third kappa shape index (κ3) is 6.58. The molecule has 0 unspecified atom stereocenters. The molecule has 4 aromatic rings. The number of halogens is 1. The normalized spacial score (nSPS) is 11.0. The topological polar surface area (TPSA) is 65.4 Å². The summed E-state index contributed by atoms with van der Waals surface area (Å²) in [4.78, 5) is 17.3. The first-order valence-electron chi connectivity index (χ1n) is 12.3. The minimum atomic E-state index is -0.0988. The molecule has 3 aromatic carbocycles. The molecule has 7 heteroatoms. The van der Waals surface area contributed by atoms with E-state index < -0.39 is 0 Å². The van der Waals surface area contributed by atoms with Crippen molar-refractivity contribution >= 4 is 28.5 Å². The van der Waals surface area contributed by atoms with Gasteiger partial charge in [-0.2, -0.15) is 0 Å². The second kappa shape index (κ2) is 12.5. The van der Waals surface area contributed by atoms with E-state index in [-0.39, 0.29) is 5.91 Å². The molecule has 0 aliphatic rings. The van der Waals surface area contributed by atoms with Crippen LogP contribution in [0.25, 0.3) is 11.0 Å². The summed E-state index contributed by atoms with van der Waals surface area (Å²) in [7, 11) is 1.59. The van der Waals surface area contributed by atoms with Crippen molar-refractivity contribution in [3.05, 3.63) is 88.7 Å². The van der Waals surface area contributed by atoms with Gasteiger partial charge in [-0.05, 0) is 80.3 Å². The summed E-state index contributed by atoms with van der Waals surface area (Å²) in [6, 6.07) is 21.1. The van der Waals surface area contributed by atoms with Crippen molar-refractivity contribution in [2.75, 3.05) is 20.3 Å². The number of imidazole rings is 1.